The molecule has 1 aromatic heterocycles. The minimum atomic E-state index is -0.210. The van der Waals surface area contributed by atoms with Crippen LogP contribution in [0.3, 0.4) is 0 Å². The summed E-state index contributed by atoms with van der Waals surface area (Å²) in [6.45, 7) is 7.01. The maximum Gasteiger partial charge on any atom is 0.258 e. The van der Waals surface area contributed by atoms with Crippen LogP contribution in [0.4, 0.5) is 0 Å². The van der Waals surface area contributed by atoms with E-state index < -0.39 is 0 Å². The number of benzene rings is 2. The first-order valence-electron chi connectivity index (χ1n) is 9.86. The van der Waals surface area contributed by atoms with Crippen LogP contribution in [-0.4, -0.2) is 27.3 Å². The Morgan fingerprint density at radius 3 is 2.43 bits per heavy atom. The van der Waals surface area contributed by atoms with Crippen LogP contribution < -0.4 is 5.56 Å². The number of rotatable bonds is 7. The number of nitrogens with zero attached hydrogens (tertiary/aromatic N) is 2. The Hall–Kier alpha value is -2.95. The van der Waals surface area contributed by atoms with Crippen LogP contribution in [-0.2, 0) is 11.3 Å². The van der Waals surface area contributed by atoms with Gasteiger partial charge in [0.2, 0.25) is 5.91 Å². The van der Waals surface area contributed by atoms with Crippen molar-refractivity contribution in [3.8, 4) is 0 Å². The summed E-state index contributed by atoms with van der Waals surface area (Å²) in [4.78, 5) is 34.9. The molecule has 0 bridgehead atoms. The maximum absolute atomic E-state index is 13.4. The van der Waals surface area contributed by atoms with E-state index >= 15 is 0 Å². The molecule has 2 atom stereocenters. The molecular weight excluding hydrogens is 350 g/mol. The molecule has 0 spiro atoms. The van der Waals surface area contributed by atoms with Gasteiger partial charge in [0.05, 0.1) is 23.4 Å². The van der Waals surface area contributed by atoms with Crippen molar-refractivity contribution in [3.63, 3.8) is 0 Å². The Bertz CT molecular complexity index is 997. The zero-order chi connectivity index (χ0) is 20.1. The number of para-hydroxylation sites is 1. The number of aromatic amines is 1. The van der Waals surface area contributed by atoms with Crippen LogP contribution in [0.15, 0.2) is 59.4 Å². The standard InChI is InChI=1S/C23H27N3O2/c1-4-16(3)21(17-11-7-6-8-12-17)23(28)26(5-2)15-20-24-19-14-10-9-13-18(19)22(27)25-20/h6-14,16,21H,4-5,15H2,1-3H3,(H,24,25,27). The average Bonchev–Trinajstić information content (AvgIpc) is 2.72. The molecule has 1 N–H and O–H groups in total. The van der Waals surface area contributed by atoms with Crippen LogP contribution in [0.5, 0.6) is 0 Å². The van der Waals surface area contributed by atoms with Crippen LogP contribution in [0.25, 0.3) is 10.9 Å². The molecule has 0 aliphatic carbocycles. The van der Waals surface area contributed by atoms with Crippen LogP contribution in [0, 0.1) is 5.92 Å². The van der Waals surface area contributed by atoms with Gasteiger partial charge in [0.15, 0.2) is 0 Å². The highest BCUT2D eigenvalue weighted by atomic mass is 16.2. The van der Waals surface area contributed by atoms with E-state index in [1.165, 1.54) is 0 Å². The number of carbonyl (C=O) groups is 1. The molecule has 146 valence electrons. The third kappa shape index (κ3) is 4.14. The molecule has 0 saturated heterocycles. The molecule has 1 heterocycles. The fraction of sp³-hybridized carbons (Fsp3) is 0.348. The fourth-order valence-corrected chi connectivity index (χ4v) is 3.54. The molecule has 1 amide bonds. The Balaban J connectivity index is 1.91. The van der Waals surface area contributed by atoms with E-state index in [4.69, 9.17) is 0 Å². The lowest BCUT2D eigenvalue weighted by Gasteiger charge is -2.29. The van der Waals surface area contributed by atoms with E-state index in [9.17, 15) is 9.59 Å². The molecule has 28 heavy (non-hydrogen) atoms. The second kappa shape index (κ2) is 8.83. The minimum absolute atomic E-state index is 0.0684. The van der Waals surface area contributed by atoms with Crippen molar-refractivity contribution >= 4 is 16.8 Å². The number of nitrogens with one attached hydrogen (secondary N) is 1. The van der Waals surface area contributed by atoms with E-state index in [0.29, 0.717) is 23.3 Å². The van der Waals surface area contributed by atoms with Crippen molar-refractivity contribution in [3.05, 3.63) is 76.3 Å². The first kappa shape index (κ1) is 19.8. The molecule has 3 aromatic rings. The molecule has 0 fully saturated rings. The van der Waals surface area contributed by atoms with Gasteiger partial charge < -0.3 is 9.88 Å². The number of likely N-dealkylation sites (N-methyl/N-ethyl adjacent to an activating group) is 1. The largest absolute Gasteiger partial charge is 0.335 e. The zero-order valence-corrected chi connectivity index (χ0v) is 16.7. The Kier molecular flexibility index (Phi) is 6.24. The molecule has 0 saturated carbocycles. The lowest BCUT2D eigenvalue weighted by atomic mass is 9.84. The van der Waals surface area contributed by atoms with Gasteiger partial charge in [-0.25, -0.2) is 4.98 Å². The predicted molar refractivity (Wildman–Crippen MR) is 112 cm³/mol. The van der Waals surface area contributed by atoms with Gasteiger partial charge in [-0.05, 0) is 30.5 Å². The normalized spacial score (nSPS) is 13.2. The van der Waals surface area contributed by atoms with Gasteiger partial charge >= 0.3 is 0 Å². The van der Waals surface area contributed by atoms with Gasteiger partial charge in [0.1, 0.15) is 5.82 Å². The third-order valence-corrected chi connectivity index (χ3v) is 5.33. The summed E-state index contributed by atoms with van der Waals surface area (Å²) in [7, 11) is 0. The smallest absolute Gasteiger partial charge is 0.258 e. The van der Waals surface area contributed by atoms with Gasteiger partial charge in [-0.1, -0.05) is 62.7 Å². The van der Waals surface area contributed by atoms with Crippen LogP contribution in [0.1, 0.15) is 44.5 Å². The highest BCUT2D eigenvalue weighted by Crippen LogP contribution is 2.29. The Morgan fingerprint density at radius 2 is 1.75 bits per heavy atom. The molecule has 5 nitrogen and oxygen atoms in total. The summed E-state index contributed by atoms with van der Waals surface area (Å²) < 4.78 is 0. The summed E-state index contributed by atoms with van der Waals surface area (Å²) in [5.74, 6) is 0.583. The zero-order valence-electron chi connectivity index (χ0n) is 16.7. The number of H-pyrrole nitrogens is 1. The fourth-order valence-electron chi connectivity index (χ4n) is 3.54. The van der Waals surface area contributed by atoms with Crippen LogP contribution in [0.2, 0.25) is 0 Å². The number of fused-ring (bicyclic) bond motifs is 1. The molecule has 2 unspecified atom stereocenters. The van der Waals surface area contributed by atoms with E-state index in [1.807, 2.05) is 55.5 Å². The Labute approximate surface area is 165 Å². The Morgan fingerprint density at radius 1 is 1.07 bits per heavy atom. The number of amides is 1. The van der Waals surface area contributed by atoms with Crippen molar-refractivity contribution in [2.24, 2.45) is 5.92 Å². The van der Waals surface area contributed by atoms with E-state index in [2.05, 4.69) is 23.8 Å². The molecule has 3 rings (SSSR count). The van der Waals surface area contributed by atoms with Gasteiger partial charge in [0, 0.05) is 6.54 Å². The quantitative estimate of drug-likeness (QED) is 0.674. The lowest BCUT2D eigenvalue weighted by molar-refractivity contribution is -0.134. The highest BCUT2D eigenvalue weighted by molar-refractivity contribution is 5.84. The summed E-state index contributed by atoms with van der Waals surface area (Å²) in [6.07, 6.45) is 0.911. The summed E-state index contributed by atoms with van der Waals surface area (Å²) >= 11 is 0. The molecule has 0 aliphatic heterocycles. The number of carbonyl (C=O) groups excluding carboxylic acids is 1. The van der Waals surface area contributed by atoms with Crippen LogP contribution >= 0.6 is 0 Å². The first-order chi connectivity index (χ1) is 13.5. The molecule has 0 aliphatic rings. The van der Waals surface area contributed by atoms with Crippen molar-refractivity contribution in [2.45, 2.75) is 39.7 Å². The monoisotopic (exact) mass is 377 g/mol. The highest BCUT2D eigenvalue weighted by Gasteiger charge is 2.29. The van der Waals surface area contributed by atoms with Gasteiger partial charge in [-0.2, -0.15) is 0 Å². The second-order valence-corrected chi connectivity index (χ2v) is 7.16. The molecule has 0 radical (unpaired) electrons. The molecule has 2 aromatic carbocycles. The van der Waals surface area contributed by atoms with Gasteiger partial charge in [0.25, 0.3) is 5.56 Å². The molecular formula is C23H27N3O2. The third-order valence-electron chi connectivity index (χ3n) is 5.33. The maximum atomic E-state index is 13.4. The summed E-state index contributed by atoms with van der Waals surface area (Å²) in [5, 5.41) is 0.558. The number of aromatic nitrogens is 2. The van der Waals surface area contributed by atoms with Crippen molar-refractivity contribution < 1.29 is 4.79 Å². The molecule has 5 heteroatoms. The second-order valence-electron chi connectivity index (χ2n) is 7.16. The van der Waals surface area contributed by atoms with Gasteiger partial charge in [-0.15, -0.1) is 0 Å². The number of hydrogen-bond donors (Lipinski definition) is 1. The van der Waals surface area contributed by atoms with E-state index in [1.54, 1.807) is 11.0 Å². The van der Waals surface area contributed by atoms with Crippen molar-refractivity contribution in [1.29, 1.82) is 0 Å². The van der Waals surface area contributed by atoms with Crippen molar-refractivity contribution in [1.82, 2.24) is 14.9 Å². The topological polar surface area (TPSA) is 66.1 Å². The van der Waals surface area contributed by atoms with E-state index in [0.717, 1.165) is 12.0 Å². The first-order valence-corrected chi connectivity index (χ1v) is 9.86. The summed E-state index contributed by atoms with van der Waals surface area (Å²) in [5.41, 5.74) is 1.50. The average molecular weight is 377 g/mol. The predicted octanol–water partition coefficient (Wildman–Crippen LogP) is 4.10. The lowest BCUT2D eigenvalue weighted by Crippen LogP contribution is -2.37. The summed E-state index contributed by atoms with van der Waals surface area (Å²) in [6, 6.07) is 17.2. The SMILES string of the molecule is CCC(C)C(C(=O)N(CC)Cc1nc2ccccc2c(=O)[nH]1)c1ccccc1. The number of hydrogen-bond acceptors (Lipinski definition) is 3. The minimum Gasteiger partial charge on any atom is -0.335 e. The van der Waals surface area contributed by atoms with Gasteiger partial charge in [-0.3, -0.25) is 9.59 Å². The van der Waals surface area contributed by atoms with Crippen molar-refractivity contribution in [2.75, 3.05) is 6.54 Å². The van der Waals surface area contributed by atoms with E-state index in [-0.39, 0.29) is 29.8 Å².